The minimum Gasteiger partial charge on any atom is -0.344 e. The molecule has 0 aliphatic heterocycles. The number of hydrogen-bond donors (Lipinski definition) is 1. The van der Waals surface area contributed by atoms with Gasteiger partial charge in [-0.05, 0) is 20.8 Å². The Morgan fingerprint density at radius 3 is 2.44 bits per heavy atom. The highest BCUT2D eigenvalue weighted by molar-refractivity contribution is 7.99. The van der Waals surface area contributed by atoms with Crippen LogP contribution in [0.2, 0.25) is 0 Å². The normalized spacial score (nSPS) is 11.3. The summed E-state index contributed by atoms with van der Waals surface area (Å²) in [5.41, 5.74) is 0.614. The van der Waals surface area contributed by atoms with Gasteiger partial charge in [0, 0.05) is 26.1 Å². The van der Waals surface area contributed by atoms with E-state index in [1.54, 1.807) is 21.0 Å². The van der Waals surface area contributed by atoms with Gasteiger partial charge < -0.3 is 14.8 Å². The van der Waals surface area contributed by atoms with Crippen molar-refractivity contribution < 1.29 is 9.59 Å². The number of amides is 2. The Morgan fingerprint density at radius 2 is 1.89 bits per heavy atom. The van der Waals surface area contributed by atoms with Crippen LogP contribution in [0, 0.1) is 6.92 Å². The lowest BCUT2D eigenvalue weighted by Crippen LogP contribution is -2.21. The molecule has 2 aromatic heterocycles. The Labute approximate surface area is 167 Å². The van der Waals surface area contributed by atoms with Crippen LogP contribution in [-0.2, 0) is 4.79 Å². The van der Waals surface area contributed by atoms with E-state index in [-0.39, 0.29) is 29.5 Å². The summed E-state index contributed by atoms with van der Waals surface area (Å²) in [6, 6.07) is 0.212. The van der Waals surface area contributed by atoms with Crippen molar-refractivity contribution >= 4 is 40.0 Å². The van der Waals surface area contributed by atoms with Crippen LogP contribution in [0.4, 0.5) is 5.13 Å². The number of nitrogens with zero attached hydrogens (tertiary/aromatic N) is 5. The van der Waals surface area contributed by atoms with Gasteiger partial charge in [-0.25, -0.2) is 4.98 Å². The summed E-state index contributed by atoms with van der Waals surface area (Å²) in [5, 5.41) is 12.4. The first-order valence-corrected chi connectivity index (χ1v) is 10.5. The second-order valence-electron chi connectivity index (χ2n) is 6.93. The molecule has 0 aromatic carbocycles. The highest BCUT2D eigenvalue weighted by atomic mass is 32.2. The van der Waals surface area contributed by atoms with E-state index in [1.807, 2.05) is 0 Å². The maximum Gasteiger partial charge on any atom is 0.265 e. The summed E-state index contributed by atoms with van der Waals surface area (Å²) in [7, 11) is 3.37. The molecule has 2 heterocycles. The molecule has 8 nitrogen and oxygen atoms in total. The van der Waals surface area contributed by atoms with Crippen LogP contribution >= 0.6 is 23.1 Å². The fourth-order valence-corrected chi connectivity index (χ4v) is 4.28. The summed E-state index contributed by atoms with van der Waals surface area (Å²) in [6.45, 7) is 10.0. The fraction of sp³-hybridized carbons (Fsp3) is 0.588. The molecule has 10 heteroatoms. The molecule has 0 bridgehead atoms. The maximum atomic E-state index is 12.3. The number of thiazole rings is 1. The second-order valence-corrected chi connectivity index (χ2v) is 8.87. The van der Waals surface area contributed by atoms with Crippen molar-refractivity contribution in [1.82, 2.24) is 24.6 Å². The topological polar surface area (TPSA) is 93.0 Å². The Hall–Kier alpha value is -1.94. The number of thioether (sulfide) groups is 1. The molecule has 0 radical (unpaired) electrons. The van der Waals surface area contributed by atoms with Gasteiger partial charge in [0.05, 0.1) is 11.4 Å². The van der Waals surface area contributed by atoms with Crippen LogP contribution in [0.15, 0.2) is 5.16 Å². The minimum absolute atomic E-state index is 0.119. The molecule has 0 atom stereocenters. The van der Waals surface area contributed by atoms with Crippen molar-refractivity contribution in [2.45, 2.75) is 51.7 Å². The Bertz CT molecular complexity index is 826. The number of nitrogens with one attached hydrogen (secondary N) is 1. The van der Waals surface area contributed by atoms with Crippen molar-refractivity contribution in [3.63, 3.8) is 0 Å². The molecule has 2 rings (SSSR count). The average Bonchev–Trinajstić information content (AvgIpc) is 3.15. The van der Waals surface area contributed by atoms with Gasteiger partial charge >= 0.3 is 0 Å². The minimum atomic E-state index is -0.193. The van der Waals surface area contributed by atoms with Gasteiger partial charge in [0.25, 0.3) is 5.91 Å². The zero-order valence-electron chi connectivity index (χ0n) is 16.7. The van der Waals surface area contributed by atoms with E-state index in [0.29, 0.717) is 15.7 Å². The molecular formula is C17H26N6O2S2. The van der Waals surface area contributed by atoms with Crippen molar-refractivity contribution in [3.8, 4) is 0 Å². The molecule has 2 amide bonds. The Morgan fingerprint density at radius 1 is 1.22 bits per heavy atom. The third-order valence-electron chi connectivity index (χ3n) is 3.70. The first-order valence-electron chi connectivity index (χ1n) is 8.68. The first-order chi connectivity index (χ1) is 12.6. The highest BCUT2D eigenvalue weighted by Gasteiger charge is 2.20. The van der Waals surface area contributed by atoms with E-state index in [2.05, 4.69) is 52.8 Å². The van der Waals surface area contributed by atoms with Gasteiger partial charge in [-0.2, -0.15) is 0 Å². The number of carbonyl (C=O) groups is 2. The summed E-state index contributed by atoms with van der Waals surface area (Å²) >= 11 is 2.53. The summed E-state index contributed by atoms with van der Waals surface area (Å²) in [4.78, 5) is 30.7. The van der Waals surface area contributed by atoms with E-state index >= 15 is 0 Å². The number of anilines is 1. The van der Waals surface area contributed by atoms with Gasteiger partial charge in [-0.1, -0.05) is 36.9 Å². The van der Waals surface area contributed by atoms with Gasteiger partial charge in [-0.3, -0.25) is 9.59 Å². The van der Waals surface area contributed by atoms with Gasteiger partial charge in [0.2, 0.25) is 5.91 Å². The van der Waals surface area contributed by atoms with E-state index in [1.165, 1.54) is 28.0 Å². The van der Waals surface area contributed by atoms with Crippen LogP contribution in [0.3, 0.4) is 0 Å². The van der Waals surface area contributed by atoms with Crippen molar-refractivity contribution in [1.29, 1.82) is 0 Å². The van der Waals surface area contributed by atoms with Crippen molar-refractivity contribution in [3.05, 3.63) is 16.4 Å². The fourth-order valence-electron chi connectivity index (χ4n) is 2.40. The van der Waals surface area contributed by atoms with Crippen LogP contribution in [0.1, 0.15) is 60.8 Å². The van der Waals surface area contributed by atoms with E-state index in [4.69, 9.17) is 0 Å². The molecule has 148 valence electrons. The molecular weight excluding hydrogens is 384 g/mol. The number of carbonyl (C=O) groups excluding carboxylic acids is 2. The molecule has 0 unspecified atom stereocenters. The Kier molecular flexibility index (Phi) is 6.99. The Balaban J connectivity index is 2.04. The largest absolute Gasteiger partial charge is 0.344 e. The lowest BCUT2D eigenvalue weighted by Gasteiger charge is -2.15. The lowest BCUT2D eigenvalue weighted by molar-refractivity contribution is -0.113. The van der Waals surface area contributed by atoms with E-state index < -0.39 is 0 Å². The predicted molar refractivity (Wildman–Crippen MR) is 109 cm³/mol. The van der Waals surface area contributed by atoms with E-state index in [9.17, 15) is 9.59 Å². The average molecular weight is 411 g/mol. The molecule has 0 fully saturated rings. The highest BCUT2D eigenvalue weighted by Crippen LogP contribution is 2.26. The molecule has 27 heavy (non-hydrogen) atoms. The van der Waals surface area contributed by atoms with E-state index in [0.717, 1.165) is 11.0 Å². The number of rotatable bonds is 7. The zero-order valence-corrected chi connectivity index (χ0v) is 18.4. The summed E-state index contributed by atoms with van der Waals surface area (Å²) in [6.07, 6.45) is 0. The van der Waals surface area contributed by atoms with Crippen LogP contribution in [0.5, 0.6) is 0 Å². The van der Waals surface area contributed by atoms with Crippen molar-refractivity contribution in [2.75, 3.05) is 25.2 Å². The quantitative estimate of drug-likeness (QED) is 0.705. The van der Waals surface area contributed by atoms with Gasteiger partial charge in [-0.15, -0.1) is 10.2 Å². The van der Waals surface area contributed by atoms with Crippen molar-refractivity contribution in [2.24, 2.45) is 0 Å². The van der Waals surface area contributed by atoms with Crippen LogP contribution < -0.4 is 5.32 Å². The maximum absolute atomic E-state index is 12.3. The lowest BCUT2D eigenvalue weighted by atomic mass is 10.2. The first kappa shape index (κ1) is 21.4. The summed E-state index contributed by atoms with van der Waals surface area (Å²) in [5.74, 6) is 1.05. The van der Waals surface area contributed by atoms with Crippen LogP contribution in [0.25, 0.3) is 0 Å². The molecule has 0 saturated carbocycles. The molecule has 1 N–H and O–H groups in total. The predicted octanol–water partition coefficient (Wildman–Crippen LogP) is 3.18. The summed E-state index contributed by atoms with van der Waals surface area (Å²) < 4.78 is 2.06. The number of hydrogen-bond acceptors (Lipinski definition) is 7. The third kappa shape index (κ3) is 5.07. The van der Waals surface area contributed by atoms with Gasteiger partial charge in [0.1, 0.15) is 10.7 Å². The second kappa shape index (κ2) is 8.83. The van der Waals surface area contributed by atoms with Gasteiger partial charge in [0.15, 0.2) is 10.3 Å². The number of aromatic nitrogens is 4. The molecule has 0 spiro atoms. The third-order valence-corrected chi connectivity index (χ3v) is 5.70. The molecule has 0 saturated heterocycles. The molecule has 0 aliphatic rings. The molecule has 0 aliphatic carbocycles. The SMILES string of the molecule is Cc1nc(NC(=O)CSc2nnc(C(C)C)n2C(C)C)sc1C(=O)N(C)C. The standard InChI is InChI=1S/C17H26N6O2S2/c1-9(2)14-20-21-17(23(14)10(3)4)26-8-12(24)19-16-18-11(5)13(27-16)15(25)22(6)7/h9-10H,8H2,1-7H3,(H,18,19,24). The zero-order chi connectivity index (χ0) is 20.3. The monoisotopic (exact) mass is 410 g/mol. The smallest absolute Gasteiger partial charge is 0.265 e. The van der Waals surface area contributed by atoms with Crippen LogP contribution in [-0.4, -0.2) is 56.3 Å². The number of aryl methyl sites for hydroxylation is 1. The molecule has 2 aromatic rings.